The average Bonchev–Trinajstić information content (AvgIpc) is 2.85. The van der Waals surface area contributed by atoms with Crippen molar-refractivity contribution in [3.8, 4) is 0 Å². The van der Waals surface area contributed by atoms with Gasteiger partial charge in [0.05, 0.1) is 5.69 Å². The maximum Gasteiger partial charge on any atom is 0.264 e. The Balaban J connectivity index is 1.85. The smallest absolute Gasteiger partial charge is 0.264 e. The molecule has 1 aromatic rings. The lowest BCUT2D eigenvalue weighted by atomic mass is 9.89. The zero-order valence-electron chi connectivity index (χ0n) is 11.2. The standard InChI is InChI=1S/C13H20ClN3OS/c1-2-4-11-12(19-17-16-11)13(18)15-8-9-5-3-6-10(14)7-9/h9-10H,2-8H2,1H3,(H,15,18). The minimum atomic E-state index is -0.0323. The summed E-state index contributed by atoms with van der Waals surface area (Å²) < 4.78 is 3.88. The molecule has 19 heavy (non-hydrogen) atoms. The molecule has 2 unspecified atom stereocenters. The fourth-order valence-corrected chi connectivity index (χ4v) is 3.54. The number of hydrogen-bond donors (Lipinski definition) is 1. The monoisotopic (exact) mass is 301 g/mol. The Bertz CT molecular complexity index is 424. The first-order valence-corrected chi connectivity index (χ1v) is 8.15. The summed E-state index contributed by atoms with van der Waals surface area (Å²) in [5.74, 6) is 0.478. The molecule has 0 radical (unpaired) electrons. The number of alkyl halides is 1. The lowest BCUT2D eigenvalue weighted by Crippen LogP contribution is -2.32. The predicted molar refractivity (Wildman–Crippen MR) is 77.8 cm³/mol. The Hall–Kier alpha value is -0.680. The first-order chi connectivity index (χ1) is 9.20. The van der Waals surface area contributed by atoms with Gasteiger partial charge in [-0.1, -0.05) is 24.3 Å². The molecule has 1 saturated carbocycles. The first kappa shape index (κ1) is 14.7. The van der Waals surface area contributed by atoms with Gasteiger partial charge >= 0.3 is 0 Å². The molecule has 0 aromatic carbocycles. The second kappa shape index (κ2) is 7.20. The normalized spacial score (nSPS) is 23.3. The molecule has 6 heteroatoms. The van der Waals surface area contributed by atoms with Crippen molar-refractivity contribution in [1.29, 1.82) is 0 Å². The van der Waals surface area contributed by atoms with Gasteiger partial charge in [-0.15, -0.1) is 16.7 Å². The molecule has 1 heterocycles. The van der Waals surface area contributed by atoms with Gasteiger partial charge in [0.2, 0.25) is 0 Å². The van der Waals surface area contributed by atoms with Crippen molar-refractivity contribution in [2.75, 3.05) is 6.54 Å². The van der Waals surface area contributed by atoms with E-state index in [0.29, 0.717) is 17.3 Å². The Labute approximate surface area is 123 Å². The highest BCUT2D eigenvalue weighted by atomic mass is 35.5. The van der Waals surface area contributed by atoms with Crippen LogP contribution in [0.3, 0.4) is 0 Å². The predicted octanol–water partition coefficient (Wildman–Crippen LogP) is 3.02. The Morgan fingerprint density at radius 3 is 3.11 bits per heavy atom. The third-order valence-electron chi connectivity index (χ3n) is 3.52. The van der Waals surface area contributed by atoms with Crippen LogP contribution in [0, 0.1) is 5.92 Å². The van der Waals surface area contributed by atoms with Crippen molar-refractivity contribution in [3.63, 3.8) is 0 Å². The third kappa shape index (κ3) is 4.14. The number of aromatic nitrogens is 2. The molecular formula is C13H20ClN3OS. The number of hydrogen-bond acceptors (Lipinski definition) is 4. The van der Waals surface area contributed by atoms with E-state index in [1.54, 1.807) is 0 Å². The molecule has 106 valence electrons. The van der Waals surface area contributed by atoms with Gasteiger partial charge in [0.1, 0.15) is 4.88 Å². The summed E-state index contributed by atoms with van der Waals surface area (Å²) in [5.41, 5.74) is 0.823. The Morgan fingerprint density at radius 1 is 1.53 bits per heavy atom. The number of halogens is 1. The van der Waals surface area contributed by atoms with Gasteiger partial charge in [-0.05, 0) is 43.1 Å². The van der Waals surface area contributed by atoms with Crippen LogP contribution >= 0.6 is 23.1 Å². The molecule has 1 aromatic heterocycles. The second-order valence-electron chi connectivity index (χ2n) is 5.14. The molecule has 0 bridgehead atoms. The zero-order chi connectivity index (χ0) is 13.7. The lowest BCUT2D eigenvalue weighted by molar-refractivity contribution is 0.0946. The summed E-state index contributed by atoms with van der Waals surface area (Å²) >= 11 is 7.35. The van der Waals surface area contributed by atoms with Crippen LogP contribution in [0.4, 0.5) is 0 Å². The van der Waals surface area contributed by atoms with Gasteiger partial charge in [0, 0.05) is 11.9 Å². The molecule has 0 spiro atoms. The molecule has 1 aliphatic rings. The van der Waals surface area contributed by atoms with Crippen molar-refractivity contribution >= 4 is 29.0 Å². The van der Waals surface area contributed by atoms with Gasteiger partial charge in [-0.3, -0.25) is 4.79 Å². The first-order valence-electron chi connectivity index (χ1n) is 6.94. The SMILES string of the molecule is CCCc1nnsc1C(=O)NCC1CCCC(Cl)C1. The largest absolute Gasteiger partial charge is 0.351 e. The van der Waals surface area contributed by atoms with Crippen LogP contribution in [0.1, 0.15) is 54.4 Å². The van der Waals surface area contributed by atoms with Crippen LogP contribution in [0.15, 0.2) is 0 Å². The van der Waals surface area contributed by atoms with Gasteiger partial charge in [-0.2, -0.15) is 0 Å². The summed E-state index contributed by atoms with van der Waals surface area (Å²) in [5, 5.41) is 7.30. The molecule has 0 saturated heterocycles. The summed E-state index contributed by atoms with van der Waals surface area (Å²) in [6.07, 6.45) is 6.22. The molecule has 1 amide bonds. The average molecular weight is 302 g/mol. The van der Waals surface area contributed by atoms with E-state index in [4.69, 9.17) is 11.6 Å². The Kier molecular flexibility index (Phi) is 5.58. The molecule has 0 aliphatic heterocycles. The molecular weight excluding hydrogens is 282 g/mol. The van der Waals surface area contributed by atoms with Gasteiger partial charge in [0.15, 0.2) is 0 Å². The number of nitrogens with one attached hydrogen (secondary N) is 1. The second-order valence-corrected chi connectivity index (χ2v) is 6.51. The van der Waals surface area contributed by atoms with Crippen molar-refractivity contribution in [2.45, 2.75) is 50.8 Å². The van der Waals surface area contributed by atoms with Crippen molar-refractivity contribution in [1.82, 2.24) is 14.9 Å². The Morgan fingerprint density at radius 2 is 2.37 bits per heavy atom. The molecule has 4 nitrogen and oxygen atoms in total. The van der Waals surface area contributed by atoms with Crippen LogP contribution < -0.4 is 5.32 Å². The fraction of sp³-hybridized carbons (Fsp3) is 0.769. The fourth-order valence-electron chi connectivity index (χ4n) is 2.51. The topological polar surface area (TPSA) is 54.9 Å². The van der Waals surface area contributed by atoms with Crippen LogP contribution in [-0.4, -0.2) is 27.4 Å². The molecule has 1 aliphatic carbocycles. The number of rotatable bonds is 5. The van der Waals surface area contributed by atoms with Gasteiger partial charge < -0.3 is 5.32 Å². The zero-order valence-corrected chi connectivity index (χ0v) is 12.8. The highest BCUT2D eigenvalue weighted by Crippen LogP contribution is 2.27. The number of carbonyl (C=O) groups excluding carboxylic acids is 1. The molecule has 1 fully saturated rings. The van der Waals surface area contributed by atoms with E-state index in [1.807, 2.05) is 0 Å². The summed E-state index contributed by atoms with van der Waals surface area (Å²) in [6, 6.07) is 0. The van der Waals surface area contributed by atoms with E-state index in [-0.39, 0.29) is 11.3 Å². The number of aryl methyl sites for hydroxylation is 1. The minimum absolute atomic E-state index is 0.0323. The van der Waals surface area contributed by atoms with E-state index in [9.17, 15) is 4.79 Å². The lowest BCUT2D eigenvalue weighted by Gasteiger charge is -2.25. The minimum Gasteiger partial charge on any atom is -0.351 e. The quantitative estimate of drug-likeness (QED) is 0.851. The van der Waals surface area contributed by atoms with Gasteiger partial charge in [-0.25, -0.2) is 0 Å². The van der Waals surface area contributed by atoms with E-state index in [1.165, 1.54) is 11.5 Å². The van der Waals surface area contributed by atoms with Crippen molar-refractivity contribution in [3.05, 3.63) is 10.6 Å². The number of carbonyl (C=O) groups is 1. The maximum absolute atomic E-state index is 12.1. The van der Waals surface area contributed by atoms with E-state index >= 15 is 0 Å². The summed E-state index contributed by atoms with van der Waals surface area (Å²) in [4.78, 5) is 12.8. The summed E-state index contributed by atoms with van der Waals surface area (Å²) in [6.45, 7) is 2.79. The molecule has 2 atom stereocenters. The molecule has 2 rings (SSSR count). The maximum atomic E-state index is 12.1. The van der Waals surface area contributed by atoms with E-state index in [0.717, 1.165) is 44.2 Å². The van der Waals surface area contributed by atoms with E-state index in [2.05, 4.69) is 21.8 Å². The van der Waals surface area contributed by atoms with Gasteiger partial charge in [0.25, 0.3) is 5.91 Å². The third-order valence-corrected chi connectivity index (χ3v) is 4.68. The van der Waals surface area contributed by atoms with Crippen LogP contribution in [0.25, 0.3) is 0 Å². The number of nitrogens with zero attached hydrogens (tertiary/aromatic N) is 2. The molecule has 1 N–H and O–H groups in total. The van der Waals surface area contributed by atoms with Crippen LogP contribution in [0.2, 0.25) is 0 Å². The van der Waals surface area contributed by atoms with Crippen LogP contribution in [0.5, 0.6) is 0 Å². The highest BCUT2D eigenvalue weighted by Gasteiger charge is 2.22. The van der Waals surface area contributed by atoms with E-state index < -0.39 is 0 Å². The highest BCUT2D eigenvalue weighted by molar-refractivity contribution is 7.08. The number of amides is 1. The van der Waals surface area contributed by atoms with Crippen LogP contribution in [-0.2, 0) is 6.42 Å². The summed E-state index contributed by atoms with van der Waals surface area (Å²) in [7, 11) is 0. The van der Waals surface area contributed by atoms with Crippen molar-refractivity contribution in [2.24, 2.45) is 5.92 Å². The van der Waals surface area contributed by atoms with Crippen molar-refractivity contribution < 1.29 is 4.79 Å².